The first-order valence-corrected chi connectivity index (χ1v) is 13.5. The highest BCUT2D eigenvalue weighted by Crippen LogP contribution is 2.41. The molecular formula is C28H25F4N5O3S. The molecule has 8 nitrogen and oxygen atoms in total. The number of phenols is 1. The minimum absolute atomic E-state index is 0.189. The molecular weight excluding hydrogens is 562 g/mol. The number of nitrogens with one attached hydrogen (secondary N) is 2. The molecule has 1 aliphatic rings. The van der Waals surface area contributed by atoms with Crippen LogP contribution in [-0.4, -0.2) is 37.1 Å². The minimum atomic E-state index is -4.59. The molecule has 5 rings (SSSR count). The Bertz CT molecular complexity index is 1590. The predicted molar refractivity (Wildman–Crippen MR) is 144 cm³/mol. The molecule has 0 unspecified atom stereocenters. The van der Waals surface area contributed by atoms with Gasteiger partial charge in [0.1, 0.15) is 27.9 Å². The van der Waals surface area contributed by atoms with Crippen molar-refractivity contribution in [3.8, 4) is 16.2 Å². The van der Waals surface area contributed by atoms with Crippen LogP contribution in [0.4, 0.5) is 29.2 Å². The van der Waals surface area contributed by atoms with E-state index in [1.165, 1.54) is 11.3 Å². The van der Waals surface area contributed by atoms with Crippen molar-refractivity contribution < 1.29 is 32.6 Å². The van der Waals surface area contributed by atoms with Crippen molar-refractivity contribution >= 4 is 28.9 Å². The summed E-state index contributed by atoms with van der Waals surface area (Å²) in [4.78, 5) is 25.2. The van der Waals surface area contributed by atoms with E-state index in [4.69, 9.17) is 0 Å². The number of hydrogen-bond acceptors (Lipinski definition) is 8. The second kappa shape index (κ2) is 11.1. The highest BCUT2D eigenvalue weighted by Gasteiger charge is 2.38. The maximum Gasteiger partial charge on any atom is 0.433 e. The van der Waals surface area contributed by atoms with Crippen LogP contribution >= 0.6 is 11.3 Å². The van der Waals surface area contributed by atoms with Crippen LogP contribution in [0.3, 0.4) is 0 Å². The third-order valence-corrected chi connectivity index (χ3v) is 8.05. The number of phenolic OH excluding ortho intramolecular Hbond substituents is 1. The van der Waals surface area contributed by atoms with E-state index < -0.39 is 29.2 Å². The van der Waals surface area contributed by atoms with E-state index in [9.17, 15) is 32.6 Å². The lowest BCUT2D eigenvalue weighted by molar-refractivity contribution is -0.141. The van der Waals surface area contributed by atoms with Gasteiger partial charge in [-0.05, 0) is 80.1 Å². The molecule has 1 aliphatic carbocycles. The average molecular weight is 588 g/mol. The van der Waals surface area contributed by atoms with Gasteiger partial charge in [0.05, 0.1) is 10.4 Å². The van der Waals surface area contributed by atoms with Gasteiger partial charge in [-0.3, -0.25) is 4.79 Å². The fourth-order valence-electron chi connectivity index (χ4n) is 4.73. The largest absolute Gasteiger partial charge is 0.508 e. The lowest BCUT2D eigenvalue weighted by Crippen LogP contribution is -2.42. The SMILES string of the molecule is Cc1cc(Nc2nccc(C(F)(F)F)n2)cc(-c2cnc(C3(O)CCC(NC(=O)c4cc(O)ccc4F)CC3)s2)c1. The van der Waals surface area contributed by atoms with Crippen molar-refractivity contribution in [2.24, 2.45) is 0 Å². The maximum absolute atomic E-state index is 14.0. The van der Waals surface area contributed by atoms with Crippen LogP contribution in [0, 0.1) is 12.7 Å². The summed E-state index contributed by atoms with van der Waals surface area (Å²) < 4.78 is 53.1. The summed E-state index contributed by atoms with van der Waals surface area (Å²) in [6, 6.07) is 9.15. The molecule has 214 valence electrons. The second-order valence-electron chi connectivity index (χ2n) is 9.95. The number of aryl methyl sites for hydroxylation is 1. The van der Waals surface area contributed by atoms with E-state index in [1.54, 1.807) is 18.3 Å². The molecule has 1 fully saturated rings. The van der Waals surface area contributed by atoms with Gasteiger partial charge in [-0.2, -0.15) is 13.2 Å². The molecule has 0 bridgehead atoms. The van der Waals surface area contributed by atoms with Crippen molar-refractivity contribution in [2.75, 3.05) is 5.32 Å². The normalized spacial score (nSPS) is 19.1. The van der Waals surface area contributed by atoms with Crippen molar-refractivity contribution in [3.05, 3.63) is 82.5 Å². The average Bonchev–Trinajstić information content (AvgIpc) is 3.42. The summed E-state index contributed by atoms with van der Waals surface area (Å²) in [5.41, 5.74) is -0.429. The number of hydrogen-bond donors (Lipinski definition) is 4. The van der Waals surface area contributed by atoms with Gasteiger partial charge < -0.3 is 20.8 Å². The second-order valence-corrected chi connectivity index (χ2v) is 11.0. The summed E-state index contributed by atoms with van der Waals surface area (Å²) in [5.74, 6) is -1.77. The number of anilines is 2. The first-order valence-electron chi connectivity index (χ1n) is 12.7. The van der Waals surface area contributed by atoms with Crippen LogP contribution in [0.2, 0.25) is 0 Å². The van der Waals surface area contributed by atoms with Crippen LogP contribution < -0.4 is 10.6 Å². The first kappa shape index (κ1) is 28.4. The Hall–Kier alpha value is -4.10. The van der Waals surface area contributed by atoms with Gasteiger partial charge in [0.25, 0.3) is 5.91 Å². The summed E-state index contributed by atoms with van der Waals surface area (Å²) in [6.07, 6.45) is -0.404. The standard InChI is InChI=1S/C28H25F4N5O3S/c1-15-10-16(12-18(11-15)36-26-33-9-6-23(37-26)28(30,31)32)22-14-34-25(41-22)27(40)7-4-17(5-8-27)35-24(39)20-13-19(38)2-3-21(20)29/h2-3,6,9-14,17,38,40H,4-5,7-8H2,1H3,(H,35,39)(H,33,36,37). The summed E-state index contributed by atoms with van der Waals surface area (Å²) >= 11 is 1.30. The molecule has 41 heavy (non-hydrogen) atoms. The number of nitrogens with zero attached hydrogens (tertiary/aromatic N) is 3. The Labute approximate surface area is 236 Å². The number of benzene rings is 2. The highest BCUT2D eigenvalue weighted by atomic mass is 32.1. The minimum Gasteiger partial charge on any atom is -0.508 e. The van der Waals surface area contributed by atoms with E-state index in [0.717, 1.165) is 46.5 Å². The van der Waals surface area contributed by atoms with Gasteiger partial charge in [-0.1, -0.05) is 6.07 Å². The number of halogens is 4. The van der Waals surface area contributed by atoms with E-state index >= 15 is 0 Å². The third kappa shape index (κ3) is 6.46. The van der Waals surface area contributed by atoms with Gasteiger partial charge in [-0.15, -0.1) is 11.3 Å². The molecule has 0 saturated heterocycles. The summed E-state index contributed by atoms with van der Waals surface area (Å²) in [5, 5.41) is 27.0. The van der Waals surface area contributed by atoms with Gasteiger partial charge in [0.15, 0.2) is 0 Å². The number of aromatic nitrogens is 3. The van der Waals surface area contributed by atoms with E-state index in [2.05, 4.69) is 25.6 Å². The number of thiazole rings is 1. The monoisotopic (exact) mass is 587 g/mol. The van der Waals surface area contributed by atoms with Crippen molar-refractivity contribution in [1.82, 2.24) is 20.3 Å². The van der Waals surface area contributed by atoms with Crippen molar-refractivity contribution in [1.29, 1.82) is 0 Å². The van der Waals surface area contributed by atoms with Crippen LogP contribution in [0.1, 0.15) is 52.3 Å². The number of aromatic hydroxyl groups is 1. The van der Waals surface area contributed by atoms with Crippen molar-refractivity contribution in [2.45, 2.75) is 50.4 Å². The Morgan fingerprint density at radius 2 is 1.85 bits per heavy atom. The quantitative estimate of drug-likeness (QED) is 0.202. The summed E-state index contributed by atoms with van der Waals surface area (Å²) in [6.45, 7) is 1.84. The predicted octanol–water partition coefficient (Wildman–Crippen LogP) is 6.08. The Morgan fingerprint density at radius 1 is 1.10 bits per heavy atom. The molecule has 0 radical (unpaired) electrons. The third-order valence-electron chi connectivity index (χ3n) is 6.81. The maximum atomic E-state index is 14.0. The molecule has 4 aromatic rings. The molecule has 13 heteroatoms. The fraction of sp³-hybridized carbons (Fsp3) is 0.286. The Kier molecular flexibility index (Phi) is 7.66. The van der Waals surface area contributed by atoms with Gasteiger partial charge in [0, 0.05) is 24.1 Å². The van der Waals surface area contributed by atoms with E-state index in [1.807, 2.05) is 13.0 Å². The van der Waals surface area contributed by atoms with Gasteiger partial charge >= 0.3 is 6.18 Å². The number of rotatable bonds is 6. The molecule has 1 saturated carbocycles. The molecule has 1 amide bonds. The highest BCUT2D eigenvalue weighted by molar-refractivity contribution is 7.15. The van der Waals surface area contributed by atoms with Crippen LogP contribution in [0.5, 0.6) is 5.75 Å². The van der Waals surface area contributed by atoms with Crippen LogP contribution in [0.15, 0.2) is 54.9 Å². The molecule has 2 aromatic heterocycles. The Balaban J connectivity index is 1.27. The molecule has 0 aliphatic heterocycles. The zero-order chi connectivity index (χ0) is 29.4. The molecule has 4 N–H and O–H groups in total. The molecule has 2 aromatic carbocycles. The number of alkyl halides is 3. The zero-order valence-corrected chi connectivity index (χ0v) is 22.5. The zero-order valence-electron chi connectivity index (χ0n) is 21.7. The number of carbonyl (C=O) groups is 1. The molecule has 0 spiro atoms. The Morgan fingerprint density at radius 3 is 2.59 bits per heavy atom. The van der Waals surface area contributed by atoms with E-state index in [0.29, 0.717) is 36.4 Å². The number of carbonyl (C=O) groups excluding carboxylic acids is 1. The first-order chi connectivity index (χ1) is 19.4. The van der Waals surface area contributed by atoms with E-state index in [-0.39, 0.29) is 23.3 Å². The van der Waals surface area contributed by atoms with Crippen LogP contribution in [-0.2, 0) is 11.8 Å². The molecule has 0 atom stereocenters. The van der Waals surface area contributed by atoms with Gasteiger partial charge in [-0.25, -0.2) is 19.3 Å². The molecule has 2 heterocycles. The smallest absolute Gasteiger partial charge is 0.433 e. The summed E-state index contributed by atoms with van der Waals surface area (Å²) in [7, 11) is 0. The lowest BCUT2D eigenvalue weighted by atomic mass is 9.82. The number of aliphatic hydroxyl groups is 1. The van der Waals surface area contributed by atoms with Crippen molar-refractivity contribution in [3.63, 3.8) is 0 Å². The number of amides is 1. The van der Waals surface area contributed by atoms with Crippen LogP contribution in [0.25, 0.3) is 10.4 Å². The lowest BCUT2D eigenvalue weighted by Gasteiger charge is -2.34. The van der Waals surface area contributed by atoms with Gasteiger partial charge in [0.2, 0.25) is 5.95 Å². The topological polar surface area (TPSA) is 120 Å². The fourth-order valence-corrected chi connectivity index (χ4v) is 5.78.